The number of carbonyl (C=O) groups excluding carboxylic acids is 1. The smallest absolute Gasteiger partial charge is 0.305 e. The molecule has 2 aromatic rings. The third kappa shape index (κ3) is 5.16. The number of carbonyl (C=O) groups is 1. The number of hydrogen-bond acceptors (Lipinski definition) is 5. The summed E-state index contributed by atoms with van der Waals surface area (Å²) in [7, 11) is 1.83. The van der Waals surface area contributed by atoms with Crippen LogP contribution in [-0.2, 0) is 4.79 Å². The predicted molar refractivity (Wildman–Crippen MR) is 124 cm³/mol. The van der Waals surface area contributed by atoms with Gasteiger partial charge in [0.2, 0.25) is 5.91 Å². The molecule has 1 amide bonds. The summed E-state index contributed by atoms with van der Waals surface area (Å²) in [6.07, 6.45) is 8.65. The van der Waals surface area contributed by atoms with Crippen LogP contribution in [0, 0.1) is 17.8 Å². The molecule has 1 atom stereocenters. The number of hydrogen-bond donors (Lipinski definition) is 3. The standard InChI is InChI=1S/C23H25BN5O/c1-3-5-6-18(12-22-16(4-2)15-27-29-24-22)21(13-25)23(30)28-20-8-7-19-14-26-10-9-17(19)11-20/h7-12,14-15,21,29H,4,6,13,25H2,1-2H3,(H,28,30)/b18-12+. The van der Waals surface area contributed by atoms with Crippen molar-refractivity contribution in [1.29, 1.82) is 0 Å². The second-order valence-electron chi connectivity index (χ2n) is 6.90. The molecule has 3 rings (SSSR count). The number of benzene rings is 1. The Morgan fingerprint density at radius 1 is 1.37 bits per heavy atom. The maximum absolute atomic E-state index is 13.1. The van der Waals surface area contributed by atoms with Gasteiger partial charge in [0.05, 0.1) is 5.92 Å². The minimum atomic E-state index is -0.489. The van der Waals surface area contributed by atoms with Gasteiger partial charge in [0.15, 0.2) is 0 Å². The van der Waals surface area contributed by atoms with Gasteiger partial charge in [0, 0.05) is 42.6 Å². The number of nitrogens with zero attached hydrogens (tertiary/aromatic N) is 2. The van der Waals surface area contributed by atoms with E-state index in [9.17, 15) is 4.79 Å². The first kappa shape index (κ1) is 21.3. The number of aromatic nitrogens is 1. The van der Waals surface area contributed by atoms with Crippen molar-refractivity contribution in [3.63, 3.8) is 0 Å². The second kappa shape index (κ2) is 10.4. The lowest BCUT2D eigenvalue weighted by atomic mass is 9.75. The van der Waals surface area contributed by atoms with Crippen molar-refractivity contribution in [3.05, 3.63) is 59.4 Å². The molecule has 1 radical (unpaired) electrons. The van der Waals surface area contributed by atoms with Gasteiger partial charge in [-0.15, -0.1) is 5.92 Å². The highest BCUT2D eigenvalue weighted by Gasteiger charge is 2.22. The van der Waals surface area contributed by atoms with Crippen LogP contribution in [0.15, 0.2) is 64.5 Å². The van der Waals surface area contributed by atoms with Crippen LogP contribution in [0.4, 0.5) is 5.69 Å². The molecule has 0 bridgehead atoms. The largest absolute Gasteiger partial charge is 0.352 e. The van der Waals surface area contributed by atoms with Crippen LogP contribution in [0.25, 0.3) is 10.8 Å². The second-order valence-corrected chi connectivity index (χ2v) is 6.90. The minimum absolute atomic E-state index is 0.147. The topological polar surface area (TPSA) is 92.4 Å². The summed E-state index contributed by atoms with van der Waals surface area (Å²) in [6, 6.07) is 7.66. The average Bonchev–Trinajstić information content (AvgIpc) is 2.78. The first-order valence-electron chi connectivity index (χ1n) is 9.96. The fourth-order valence-electron chi connectivity index (χ4n) is 3.30. The number of nitrogens with two attached hydrogens (primary N) is 1. The minimum Gasteiger partial charge on any atom is -0.352 e. The number of anilines is 1. The Bertz CT molecular complexity index is 1080. The molecule has 4 N–H and O–H groups in total. The Morgan fingerprint density at radius 3 is 3.00 bits per heavy atom. The van der Waals surface area contributed by atoms with Crippen LogP contribution >= 0.6 is 0 Å². The van der Waals surface area contributed by atoms with Crippen molar-refractivity contribution < 1.29 is 4.79 Å². The normalized spacial score (nSPS) is 14.4. The van der Waals surface area contributed by atoms with E-state index in [1.165, 1.54) is 0 Å². The Morgan fingerprint density at radius 2 is 2.23 bits per heavy atom. The van der Waals surface area contributed by atoms with E-state index in [0.29, 0.717) is 6.42 Å². The van der Waals surface area contributed by atoms with Crippen LogP contribution < -0.4 is 16.4 Å². The van der Waals surface area contributed by atoms with Crippen LogP contribution in [0.5, 0.6) is 0 Å². The zero-order valence-electron chi connectivity index (χ0n) is 17.3. The molecular weight excluding hydrogens is 373 g/mol. The van der Waals surface area contributed by atoms with E-state index >= 15 is 0 Å². The van der Waals surface area contributed by atoms with Crippen LogP contribution in [0.1, 0.15) is 26.7 Å². The molecule has 0 fully saturated rings. The Kier molecular flexibility index (Phi) is 7.42. The molecule has 7 heteroatoms. The Labute approximate surface area is 178 Å². The van der Waals surface area contributed by atoms with E-state index in [1.807, 2.05) is 37.8 Å². The summed E-state index contributed by atoms with van der Waals surface area (Å²) >= 11 is 0. The zero-order valence-corrected chi connectivity index (χ0v) is 17.3. The highest BCUT2D eigenvalue weighted by molar-refractivity contribution is 6.45. The fraction of sp³-hybridized carbons (Fsp3) is 0.261. The lowest BCUT2D eigenvalue weighted by Crippen LogP contribution is -2.31. The van der Waals surface area contributed by atoms with Gasteiger partial charge in [-0.3, -0.25) is 9.78 Å². The lowest BCUT2D eigenvalue weighted by Gasteiger charge is -2.20. The molecule has 1 unspecified atom stereocenters. The van der Waals surface area contributed by atoms with Crippen molar-refractivity contribution in [2.24, 2.45) is 16.8 Å². The van der Waals surface area contributed by atoms with Gasteiger partial charge >= 0.3 is 7.41 Å². The van der Waals surface area contributed by atoms with Crippen molar-refractivity contribution in [2.45, 2.75) is 26.7 Å². The van der Waals surface area contributed by atoms with E-state index in [2.05, 4.69) is 39.5 Å². The van der Waals surface area contributed by atoms with Gasteiger partial charge in [-0.2, -0.15) is 0 Å². The highest BCUT2D eigenvalue weighted by atomic mass is 16.1. The first-order chi connectivity index (χ1) is 14.7. The monoisotopic (exact) mass is 398 g/mol. The highest BCUT2D eigenvalue weighted by Crippen LogP contribution is 2.23. The Balaban J connectivity index is 1.88. The van der Waals surface area contributed by atoms with E-state index in [1.54, 1.807) is 25.5 Å². The number of hydrazone groups is 1. The van der Waals surface area contributed by atoms with Crippen molar-refractivity contribution in [2.75, 3.05) is 11.9 Å². The summed E-state index contributed by atoms with van der Waals surface area (Å²) < 4.78 is 0. The van der Waals surface area contributed by atoms with Gasteiger partial charge < -0.3 is 16.4 Å². The number of rotatable bonds is 7. The summed E-state index contributed by atoms with van der Waals surface area (Å²) in [4.78, 5) is 17.2. The van der Waals surface area contributed by atoms with E-state index < -0.39 is 5.92 Å². The van der Waals surface area contributed by atoms with Crippen molar-refractivity contribution in [1.82, 2.24) is 10.3 Å². The van der Waals surface area contributed by atoms with Gasteiger partial charge in [0.1, 0.15) is 0 Å². The van der Waals surface area contributed by atoms with Gasteiger partial charge in [0.25, 0.3) is 0 Å². The predicted octanol–water partition coefficient (Wildman–Crippen LogP) is 2.96. The number of nitrogens with one attached hydrogen (secondary N) is 2. The summed E-state index contributed by atoms with van der Waals surface area (Å²) in [5.41, 5.74) is 9.72. The zero-order chi connectivity index (χ0) is 21.3. The van der Waals surface area contributed by atoms with Crippen LogP contribution in [0.2, 0.25) is 0 Å². The third-order valence-corrected chi connectivity index (χ3v) is 4.98. The Hall–Kier alpha value is -3.37. The van der Waals surface area contributed by atoms with Gasteiger partial charge in [-0.05, 0) is 48.1 Å². The molecule has 151 valence electrons. The van der Waals surface area contributed by atoms with E-state index in [0.717, 1.165) is 39.5 Å². The van der Waals surface area contributed by atoms with E-state index in [-0.39, 0.29) is 12.5 Å². The number of pyridine rings is 1. The molecule has 6 nitrogen and oxygen atoms in total. The molecule has 0 spiro atoms. The number of fused-ring (bicyclic) bond motifs is 1. The van der Waals surface area contributed by atoms with Gasteiger partial charge in [-0.1, -0.05) is 30.5 Å². The number of amides is 1. The lowest BCUT2D eigenvalue weighted by molar-refractivity contribution is -0.118. The van der Waals surface area contributed by atoms with Crippen molar-refractivity contribution in [3.8, 4) is 11.8 Å². The molecule has 1 aromatic heterocycles. The molecule has 2 heterocycles. The summed E-state index contributed by atoms with van der Waals surface area (Å²) in [6.45, 7) is 4.05. The SMILES string of the molecule is CC#CC/C(=C\C1=C(CC)C=NN[B]1)C(CN)C(=O)Nc1ccc2cnccc2c1. The molecule has 1 aromatic carbocycles. The first-order valence-corrected chi connectivity index (χ1v) is 9.96. The third-order valence-electron chi connectivity index (χ3n) is 4.98. The fourth-order valence-corrected chi connectivity index (χ4v) is 3.30. The summed E-state index contributed by atoms with van der Waals surface area (Å²) in [5.74, 6) is 5.35. The molecule has 1 aliphatic rings. The maximum Gasteiger partial charge on any atom is 0.305 e. The van der Waals surface area contributed by atoms with Crippen LogP contribution in [-0.4, -0.2) is 31.1 Å². The van der Waals surface area contributed by atoms with Crippen LogP contribution in [0.3, 0.4) is 0 Å². The molecular formula is C23H25BN5O. The number of allylic oxidation sites excluding steroid dienone is 3. The molecule has 0 saturated heterocycles. The molecule has 0 saturated carbocycles. The maximum atomic E-state index is 13.1. The summed E-state index contributed by atoms with van der Waals surface area (Å²) in [5, 5.41) is 12.0. The van der Waals surface area contributed by atoms with Crippen molar-refractivity contribution >= 4 is 36.0 Å². The molecule has 1 aliphatic heterocycles. The van der Waals surface area contributed by atoms with Gasteiger partial charge in [-0.25, -0.2) is 5.10 Å². The quantitative estimate of drug-likeness (QED) is 0.494. The molecule has 30 heavy (non-hydrogen) atoms. The average molecular weight is 398 g/mol. The molecule has 0 aliphatic carbocycles. The van der Waals surface area contributed by atoms with E-state index in [4.69, 9.17) is 5.73 Å².